The van der Waals surface area contributed by atoms with E-state index in [1.165, 1.54) is 16.7 Å². The summed E-state index contributed by atoms with van der Waals surface area (Å²) in [6.07, 6.45) is 4.01. The summed E-state index contributed by atoms with van der Waals surface area (Å²) in [4.78, 5) is 0. The summed E-state index contributed by atoms with van der Waals surface area (Å²) in [5.74, 6) is 0. The summed E-state index contributed by atoms with van der Waals surface area (Å²) < 4.78 is 0. The molecular formula is C15H15N. The molecule has 0 bridgehead atoms. The van der Waals surface area contributed by atoms with Crippen LogP contribution in [0.3, 0.4) is 0 Å². The molecule has 0 aliphatic rings. The van der Waals surface area contributed by atoms with E-state index in [0.29, 0.717) is 6.54 Å². The molecule has 2 aromatic rings. The monoisotopic (exact) mass is 209 g/mol. The van der Waals surface area contributed by atoms with Gasteiger partial charge in [-0.3, -0.25) is 0 Å². The molecule has 0 amide bonds. The van der Waals surface area contributed by atoms with Crippen LogP contribution in [0.5, 0.6) is 0 Å². The van der Waals surface area contributed by atoms with Crippen molar-refractivity contribution < 1.29 is 0 Å². The van der Waals surface area contributed by atoms with E-state index in [1.807, 2.05) is 18.2 Å². The summed E-state index contributed by atoms with van der Waals surface area (Å²) in [6, 6.07) is 18.8. The molecular weight excluding hydrogens is 194 g/mol. The fourth-order valence-corrected chi connectivity index (χ4v) is 1.66. The van der Waals surface area contributed by atoms with Gasteiger partial charge in [0, 0.05) is 6.54 Å². The van der Waals surface area contributed by atoms with Gasteiger partial charge in [0.2, 0.25) is 0 Å². The van der Waals surface area contributed by atoms with Crippen LogP contribution in [0.2, 0.25) is 0 Å². The Balaban J connectivity index is 2.33. The smallest absolute Gasteiger partial charge is 0.0110 e. The van der Waals surface area contributed by atoms with Crippen LogP contribution < -0.4 is 5.73 Å². The van der Waals surface area contributed by atoms with Crippen LogP contribution in [0.4, 0.5) is 0 Å². The first-order valence-corrected chi connectivity index (χ1v) is 5.42. The zero-order valence-electron chi connectivity index (χ0n) is 9.14. The Hall–Kier alpha value is -1.86. The molecule has 1 heteroatoms. The van der Waals surface area contributed by atoms with Crippen molar-refractivity contribution >= 4 is 6.08 Å². The van der Waals surface area contributed by atoms with Gasteiger partial charge in [0.1, 0.15) is 0 Å². The number of benzene rings is 2. The quantitative estimate of drug-likeness (QED) is 0.824. The molecule has 0 heterocycles. The second-order valence-electron chi connectivity index (χ2n) is 3.63. The number of nitrogens with two attached hydrogens (primary N) is 1. The third kappa shape index (κ3) is 2.59. The van der Waals surface area contributed by atoms with Crippen molar-refractivity contribution in [2.75, 3.05) is 6.54 Å². The van der Waals surface area contributed by atoms with Crippen molar-refractivity contribution in [2.45, 2.75) is 0 Å². The van der Waals surface area contributed by atoms with E-state index >= 15 is 0 Å². The number of rotatable bonds is 3. The Kier molecular flexibility index (Phi) is 3.52. The summed E-state index contributed by atoms with van der Waals surface area (Å²) in [6.45, 7) is 0.579. The molecule has 0 aliphatic carbocycles. The standard InChI is InChI=1S/C15H15N/c16-11-5-7-13-6-4-10-15(12-13)14-8-2-1-3-9-14/h1-10,12H,11,16H2/b7-5+. The Morgan fingerprint density at radius 2 is 1.62 bits per heavy atom. The average Bonchev–Trinajstić information content (AvgIpc) is 2.38. The topological polar surface area (TPSA) is 26.0 Å². The van der Waals surface area contributed by atoms with Crippen molar-refractivity contribution in [3.05, 3.63) is 66.2 Å². The summed E-state index contributed by atoms with van der Waals surface area (Å²) in [7, 11) is 0. The van der Waals surface area contributed by atoms with Gasteiger partial charge < -0.3 is 5.73 Å². The third-order valence-corrected chi connectivity index (χ3v) is 2.44. The minimum Gasteiger partial charge on any atom is -0.327 e. The molecule has 0 saturated heterocycles. The molecule has 0 atom stereocenters. The van der Waals surface area contributed by atoms with E-state index in [0.717, 1.165) is 0 Å². The minimum absolute atomic E-state index is 0.579. The first-order chi connectivity index (χ1) is 7.90. The molecule has 0 spiro atoms. The predicted molar refractivity (Wildman–Crippen MR) is 70.0 cm³/mol. The third-order valence-electron chi connectivity index (χ3n) is 2.44. The maximum atomic E-state index is 5.44. The molecule has 0 unspecified atom stereocenters. The fraction of sp³-hybridized carbons (Fsp3) is 0.0667. The van der Waals surface area contributed by atoms with Gasteiger partial charge in [-0.1, -0.05) is 60.7 Å². The molecule has 80 valence electrons. The van der Waals surface area contributed by atoms with Gasteiger partial charge in [0.25, 0.3) is 0 Å². The molecule has 16 heavy (non-hydrogen) atoms. The van der Waals surface area contributed by atoms with Crippen molar-refractivity contribution in [3.63, 3.8) is 0 Å². The van der Waals surface area contributed by atoms with Crippen LogP contribution in [0, 0.1) is 0 Å². The second kappa shape index (κ2) is 5.29. The van der Waals surface area contributed by atoms with E-state index in [9.17, 15) is 0 Å². The lowest BCUT2D eigenvalue weighted by Crippen LogP contribution is -1.91. The summed E-state index contributed by atoms with van der Waals surface area (Å²) >= 11 is 0. The average molecular weight is 209 g/mol. The predicted octanol–water partition coefficient (Wildman–Crippen LogP) is 3.33. The molecule has 0 aromatic heterocycles. The lowest BCUT2D eigenvalue weighted by atomic mass is 10.0. The van der Waals surface area contributed by atoms with Gasteiger partial charge in [-0.05, 0) is 22.8 Å². The first kappa shape index (κ1) is 10.7. The molecule has 1 nitrogen and oxygen atoms in total. The highest BCUT2D eigenvalue weighted by atomic mass is 14.5. The summed E-state index contributed by atoms with van der Waals surface area (Å²) in [5, 5.41) is 0. The van der Waals surface area contributed by atoms with Crippen molar-refractivity contribution in [1.29, 1.82) is 0 Å². The lowest BCUT2D eigenvalue weighted by Gasteiger charge is -2.02. The highest BCUT2D eigenvalue weighted by molar-refractivity contribution is 5.67. The van der Waals surface area contributed by atoms with E-state index in [4.69, 9.17) is 5.73 Å². The Bertz CT molecular complexity index is 472. The van der Waals surface area contributed by atoms with E-state index in [1.54, 1.807) is 0 Å². The van der Waals surface area contributed by atoms with Crippen LogP contribution in [0.25, 0.3) is 17.2 Å². The van der Waals surface area contributed by atoms with Crippen molar-refractivity contribution in [3.8, 4) is 11.1 Å². The van der Waals surface area contributed by atoms with Gasteiger partial charge in [-0.15, -0.1) is 0 Å². The SMILES string of the molecule is NC/C=C/c1cccc(-c2ccccc2)c1. The van der Waals surface area contributed by atoms with Gasteiger partial charge in [0.05, 0.1) is 0 Å². The van der Waals surface area contributed by atoms with Crippen LogP contribution >= 0.6 is 0 Å². The molecule has 0 saturated carbocycles. The number of hydrogen-bond acceptors (Lipinski definition) is 1. The van der Waals surface area contributed by atoms with Gasteiger partial charge in [-0.25, -0.2) is 0 Å². The highest BCUT2D eigenvalue weighted by Crippen LogP contribution is 2.20. The summed E-state index contributed by atoms with van der Waals surface area (Å²) in [5.41, 5.74) is 9.10. The zero-order valence-corrected chi connectivity index (χ0v) is 9.14. The molecule has 0 fully saturated rings. The maximum absolute atomic E-state index is 5.44. The second-order valence-corrected chi connectivity index (χ2v) is 3.63. The van der Waals surface area contributed by atoms with Gasteiger partial charge in [0.15, 0.2) is 0 Å². The molecule has 0 radical (unpaired) electrons. The Morgan fingerprint density at radius 1 is 0.875 bits per heavy atom. The Morgan fingerprint density at radius 3 is 2.38 bits per heavy atom. The van der Waals surface area contributed by atoms with E-state index in [-0.39, 0.29) is 0 Å². The molecule has 0 aliphatic heterocycles. The van der Waals surface area contributed by atoms with Crippen LogP contribution in [0.15, 0.2) is 60.7 Å². The minimum atomic E-state index is 0.579. The number of hydrogen-bond donors (Lipinski definition) is 1. The normalized spacial score (nSPS) is 10.8. The maximum Gasteiger partial charge on any atom is 0.0110 e. The fourth-order valence-electron chi connectivity index (χ4n) is 1.66. The van der Waals surface area contributed by atoms with Crippen molar-refractivity contribution in [2.24, 2.45) is 5.73 Å². The molecule has 2 N–H and O–H groups in total. The van der Waals surface area contributed by atoms with E-state index < -0.39 is 0 Å². The van der Waals surface area contributed by atoms with Crippen molar-refractivity contribution in [1.82, 2.24) is 0 Å². The molecule has 2 aromatic carbocycles. The highest BCUT2D eigenvalue weighted by Gasteiger charge is 1.96. The largest absolute Gasteiger partial charge is 0.327 e. The zero-order chi connectivity index (χ0) is 11.2. The van der Waals surface area contributed by atoms with Gasteiger partial charge in [-0.2, -0.15) is 0 Å². The lowest BCUT2D eigenvalue weighted by molar-refractivity contribution is 1.26. The first-order valence-electron chi connectivity index (χ1n) is 5.42. The van der Waals surface area contributed by atoms with Crippen LogP contribution in [-0.2, 0) is 0 Å². The van der Waals surface area contributed by atoms with E-state index in [2.05, 4.69) is 48.5 Å². The molecule has 2 rings (SSSR count). The van der Waals surface area contributed by atoms with Gasteiger partial charge >= 0.3 is 0 Å². The Labute approximate surface area is 96.2 Å². The van der Waals surface area contributed by atoms with Crippen LogP contribution in [-0.4, -0.2) is 6.54 Å². The van der Waals surface area contributed by atoms with Crippen LogP contribution in [0.1, 0.15) is 5.56 Å².